The van der Waals surface area contributed by atoms with E-state index in [-0.39, 0.29) is 5.69 Å². The number of sulfonamides is 1. The SMILES string of the molecule is Cc1ccc(NS(=O)(=O)c2cc([N+](=O)[O-])ccc2N/N=C\c2c(F)cccc2F)c(C)c1. The largest absolute Gasteiger partial charge is 0.279 e. The van der Waals surface area contributed by atoms with Crippen molar-refractivity contribution in [3.8, 4) is 0 Å². The monoisotopic (exact) mass is 460 g/mol. The number of anilines is 2. The van der Waals surface area contributed by atoms with E-state index >= 15 is 0 Å². The van der Waals surface area contributed by atoms with E-state index in [0.717, 1.165) is 42.1 Å². The van der Waals surface area contributed by atoms with Crippen molar-refractivity contribution in [2.45, 2.75) is 18.7 Å². The number of nitrogens with zero attached hydrogens (tertiary/aromatic N) is 2. The zero-order valence-corrected chi connectivity index (χ0v) is 17.8. The van der Waals surface area contributed by atoms with Gasteiger partial charge in [-0.05, 0) is 43.7 Å². The van der Waals surface area contributed by atoms with Gasteiger partial charge in [0.1, 0.15) is 16.5 Å². The minimum absolute atomic E-state index is 0.124. The number of aryl methyl sites for hydroxylation is 2. The smallest absolute Gasteiger partial charge is 0.270 e. The Hall–Kier alpha value is -3.86. The number of rotatable bonds is 7. The van der Waals surface area contributed by atoms with E-state index in [1.807, 2.05) is 6.92 Å². The lowest BCUT2D eigenvalue weighted by Crippen LogP contribution is -2.16. The van der Waals surface area contributed by atoms with Gasteiger partial charge >= 0.3 is 0 Å². The summed E-state index contributed by atoms with van der Waals surface area (Å²) in [4.78, 5) is 9.97. The molecular formula is C21H18F2N4O4S. The second-order valence-corrected chi connectivity index (χ2v) is 8.52. The number of halogens is 2. The molecule has 166 valence electrons. The molecule has 0 aliphatic carbocycles. The Labute approximate surface area is 182 Å². The molecule has 32 heavy (non-hydrogen) atoms. The molecule has 0 radical (unpaired) electrons. The van der Waals surface area contributed by atoms with Gasteiger partial charge in [0, 0.05) is 12.1 Å². The van der Waals surface area contributed by atoms with Gasteiger partial charge < -0.3 is 0 Å². The predicted octanol–water partition coefficient (Wildman–Crippen LogP) is 4.74. The minimum atomic E-state index is -4.29. The van der Waals surface area contributed by atoms with E-state index in [1.165, 1.54) is 6.07 Å². The lowest BCUT2D eigenvalue weighted by Gasteiger charge is -2.14. The van der Waals surface area contributed by atoms with Crippen molar-refractivity contribution in [3.63, 3.8) is 0 Å². The van der Waals surface area contributed by atoms with Gasteiger partial charge in [-0.15, -0.1) is 0 Å². The van der Waals surface area contributed by atoms with E-state index < -0.39 is 42.7 Å². The van der Waals surface area contributed by atoms with Crippen LogP contribution in [0.4, 0.5) is 25.8 Å². The van der Waals surface area contributed by atoms with Gasteiger partial charge in [0.2, 0.25) is 0 Å². The maximum atomic E-state index is 13.8. The van der Waals surface area contributed by atoms with Crippen LogP contribution in [-0.2, 0) is 10.0 Å². The maximum absolute atomic E-state index is 13.8. The van der Waals surface area contributed by atoms with Crippen LogP contribution in [0.25, 0.3) is 0 Å². The summed E-state index contributed by atoms with van der Waals surface area (Å²) in [6.07, 6.45) is 0.847. The highest BCUT2D eigenvalue weighted by Gasteiger charge is 2.23. The average molecular weight is 460 g/mol. The fourth-order valence-corrected chi connectivity index (χ4v) is 4.18. The van der Waals surface area contributed by atoms with Crippen molar-refractivity contribution in [2.24, 2.45) is 5.10 Å². The molecule has 3 rings (SSSR count). The molecule has 0 spiro atoms. The third-order valence-electron chi connectivity index (χ3n) is 4.47. The van der Waals surface area contributed by atoms with Crippen LogP contribution in [0.5, 0.6) is 0 Å². The van der Waals surface area contributed by atoms with Gasteiger partial charge in [0.25, 0.3) is 15.7 Å². The second kappa shape index (κ2) is 9.10. The van der Waals surface area contributed by atoms with Crippen LogP contribution in [0.15, 0.2) is 64.6 Å². The van der Waals surface area contributed by atoms with Gasteiger partial charge in [-0.1, -0.05) is 23.8 Å². The number of nitro benzene ring substituents is 1. The highest BCUT2D eigenvalue weighted by Crippen LogP contribution is 2.29. The normalized spacial score (nSPS) is 11.5. The Balaban J connectivity index is 1.99. The zero-order chi connectivity index (χ0) is 23.5. The first-order valence-electron chi connectivity index (χ1n) is 9.20. The molecule has 0 aliphatic heterocycles. The number of nitrogens with one attached hydrogen (secondary N) is 2. The van der Waals surface area contributed by atoms with Gasteiger partial charge in [-0.2, -0.15) is 5.10 Å². The molecule has 3 aromatic carbocycles. The molecule has 0 unspecified atom stereocenters. The first-order valence-corrected chi connectivity index (χ1v) is 10.7. The molecule has 2 N–H and O–H groups in total. The molecule has 0 aliphatic rings. The number of benzene rings is 3. The van der Waals surface area contributed by atoms with Crippen LogP contribution in [-0.4, -0.2) is 19.6 Å². The maximum Gasteiger partial charge on any atom is 0.270 e. The molecule has 0 saturated carbocycles. The fourth-order valence-electron chi connectivity index (χ4n) is 2.87. The van der Waals surface area contributed by atoms with Crippen LogP contribution in [0.3, 0.4) is 0 Å². The molecule has 0 atom stereocenters. The lowest BCUT2D eigenvalue weighted by molar-refractivity contribution is -0.385. The summed E-state index contributed by atoms with van der Waals surface area (Å²) in [7, 11) is -4.29. The molecule has 0 amide bonds. The minimum Gasteiger partial charge on any atom is -0.279 e. The van der Waals surface area contributed by atoms with Gasteiger partial charge in [0.05, 0.1) is 28.1 Å². The average Bonchev–Trinajstić information content (AvgIpc) is 2.72. The summed E-state index contributed by atoms with van der Waals surface area (Å²) < 4.78 is 56.0. The van der Waals surface area contributed by atoms with E-state index in [0.29, 0.717) is 11.3 Å². The highest BCUT2D eigenvalue weighted by atomic mass is 32.2. The van der Waals surface area contributed by atoms with Crippen LogP contribution < -0.4 is 10.1 Å². The molecule has 0 bridgehead atoms. The molecule has 3 aromatic rings. The van der Waals surface area contributed by atoms with Crippen LogP contribution in [0.1, 0.15) is 16.7 Å². The van der Waals surface area contributed by atoms with Crippen molar-refractivity contribution in [3.05, 3.63) is 93.0 Å². The number of hydrogen-bond donors (Lipinski definition) is 2. The topological polar surface area (TPSA) is 114 Å². The first-order chi connectivity index (χ1) is 15.1. The highest BCUT2D eigenvalue weighted by molar-refractivity contribution is 7.92. The van der Waals surface area contributed by atoms with Crippen LogP contribution >= 0.6 is 0 Å². The Bertz CT molecular complexity index is 1310. The zero-order valence-electron chi connectivity index (χ0n) is 17.0. The molecule has 0 heterocycles. The summed E-state index contributed by atoms with van der Waals surface area (Å²) in [5.74, 6) is -1.72. The fraction of sp³-hybridized carbons (Fsp3) is 0.0952. The van der Waals surface area contributed by atoms with Gasteiger partial charge in [0.15, 0.2) is 0 Å². The predicted molar refractivity (Wildman–Crippen MR) is 117 cm³/mol. The summed E-state index contributed by atoms with van der Waals surface area (Å²) in [5.41, 5.74) is 3.26. The van der Waals surface area contributed by atoms with E-state index in [2.05, 4.69) is 15.2 Å². The van der Waals surface area contributed by atoms with Crippen LogP contribution in [0.2, 0.25) is 0 Å². The van der Waals surface area contributed by atoms with Gasteiger partial charge in [-0.25, -0.2) is 17.2 Å². The Morgan fingerprint density at radius 3 is 2.28 bits per heavy atom. The summed E-state index contributed by atoms with van der Waals surface area (Å²) in [6.45, 7) is 3.56. The van der Waals surface area contributed by atoms with Crippen LogP contribution in [0, 0.1) is 35.6 Å². The van der Waals surface area contributed by atoms with Crippen molar-refractivity contribution < 1.29 is 22.1 Å². The summed E-state index contributed by atoms with van der Waals surface area (Å²) in [6, 6.07) is 11.4. The Kier molecular flexibility index (Phi) is 6.49. The third kappa shape index (κ3) is 5.06. The van der Waals surface area contributed by atoms with E-state index in [9.17, 15) is 27.3 Å². The van der Waals surface area contributed by atoms with E-state index in [4.69, 9.17) is 0 Å². The lowest BCUT2D eigenvalue weighted by atomic mass is 10.1. The third-order valence-corrected chi connectivity index (χ3v) is 5.88. The Morgan fingerprint density at radius 2 is 1.66 bits per heavy atom. The molecule has 11 heteroatoms. The quantitative estimate of drug-likeness (QED) is 0.300. The molecule has 0 saturated heterocycles. The second-order valence-electron chi connectivity index (χ2n) is 6.87. The summed E-state index contributed by atoms with van der Waals surface area (Å²) >= 11 is 0. The molecular weight excluding hydrogens is 442 g/mol. The number of hydrogen-bond acceptors (Lipinski definition) is 6. The summed E-state index contributed by atoms with van der Waals surface area (Å²) in [5, 5.41) is 14.9. The Morgan fingerprint density at radius 1 is 1.00 bits per heavy atom. The number of nitro groups is 1. The standard InChI is InChI=1S/C21H18F2N4O4S/c1-13-6-8-19(14(2)10-13)26-32(30,31)21-11-15(27(28)29)7-9-20(21)25-24-12-16-17(22)4-3-5-18(16)23/h3-12,25-26H,1-2H3/b24-12-. The number of hydrazone groups is 1. The van der Waals surface area contributed by atoms with E-state index in [1.54, 1.807) is 25.1 Å². The first kappa shape index (κ1) is 22.8. The van der Waals surface area contributed by atoms with Crippen molar-refractivity contribution in [2.75, 3.05) is 10.1 Å². The number of non-ortho nitro benzene ring substituents is 1. The van der Waals surface area contributed by atoms with Crippen molar-refractivity contribution in [1.82, 2.24) is 0 Å². The van der Waals surface area contributed by atoms with Gasteiger partial charge in [-0.3, -0.25) is 20.3 Å². The van der Waals surface area contributed by atoms with Crippen molar-refractivity contribution in [1.29, 1.82) is 0 Å². The van der Waals surface area contributed by atoms with Crippen molar-refractivity contribution >= 4 is 33.3 Å². The molecule has 0 aromatic heterocycles. The molecule has 0 fully saturated rings. The molecule has 8 nitrogen and oxygen atoms in total.